The molecule has 5 heterocycles. The summed E-state index contributed by atoms with van der Waals surface area (Å²) < 4.78 is 15.9. The maximum absolute atomic E-state index is 12.3. The second-order valence-electron chi connectivity index (χ2n) is 15.5. The van der Waals surface area contributed by atoms with Gasteiger partial charge in [0.05, 0.1) is 22.6 Å². The molecule has 0 unspecified atom stereocenters. The van der Waals surface area contributed by atoms with Crippen molar-refractivity contribution in [3.8, 4) is 22.5 Å². The molecule has 1 fully saturated rings. The first-order valence-electron chi connectivity index (χ1n) is 18.0. The van der Waals surface area contributed by atoms with Crippen LogP contribution in [-0.2, 0) is 9.31 Å². The van der Waals surface area contributed by atoms with Crippen molar-refractivity contribution in [1.29, 1.82) is 0 Å². The molecule has 13 heteroatoms. The number of hydrogen-bond acceptors (Lipinski definition) is 8. The van der Waals surface area contributed by atoms with Crippen LogP contribution in [0, 0.1) is 34.6 Å². The highest BCUT2D eigenvalue weighted by Gasteiger charge is 2.51. The van der Waals surface area contributed by atoms with Gasteiger partial charge in [-0.15, -0.1) is 0 Å². The van der Waals surface area contributed by atoms with E-state index < -0.39 is 7.12 Å². The average Bonchev–Trinajstić information content (AvgIpc) is 3.77. The van der Waals surface area contributed by atoms with E-state index in [-0.39, 0.29) is 23.0 Å². The SMILES string of the molecule is Cc1cc(B2OC(C)(C)C(C)(C)O2)ccc1-c1cc2nc(C(=O)N(C)C)cc(C)n2n1.Cc1ccc(-c2cc3nc(C(=O)N(C)C)cc(C)n3n2)c(C)c1. The summed E-state index contributed by atoms with van der Waals surface area (Å²) in [6.07, 6.45) is 0. The molecule has 0 saturated carbocycles. The topological polar surface area (TPSA) is 119 Å². The molecule has 1 aliphatic rings. The number of aryl methyl sites for hydroxylation is 5. The number of aromatic nitrogens is 6. The van der Waals surface area contributed by atoms with Gasteiger partial charge in [0.1, 0.15) is 11.4 Å². The van der Waals surface area contributed by atoms with Crippen LogP contribution in [0.3, 0.4) is 0 Å². The number of rotatable bonds is 5. The number of carbonyl (C=O) groups excluding carboxylic acids is 2. The summed E-state index contributed by atoms with van der Waals surface area (Å²) in [4.78, 5) is 36.5. The van der Waals surface area contributed by atoms with Crippen LogP contribution in [0.2, 0.25) is 0 Å². The maximum atomic E-state index is 12.3. The van der Waals surface area contributed by atoms with Gasteiger partial charge < -0.3 is 19.1 Å². The van der Waals surface area contributed by atoms with E-state index in [2.05, 4.69) is 87.8 Å². The van der Waals surface area contributed by atoms with Gasteiger partial charge in [0.25, 0.3) is 11.8 Å². The second-order valence-corrected chi connectivity index (χ2v) is 15.5. The molecule has 0 radical (unpaired) electrons. The highest BCUT2D eigenvalue weighted by Crippen LogP contribution is 2.37. The van der Waals surface area contributed by atoms with Crippen molar-refractivity contribution in [2.24, 2.45) is 0 Å². The molecule has 280 valence electrons. The predicted octanol–water partition coefficient (Wildman–Crippen LogP) is 6.04. The molecule has 2 aromatic carbocycles. The number of nitrogens with zero attached hydrogens (tertiary/aromatic N) is 8. The van der Waals surface area contributed by atoms with Gasteiger partial charge in [0.2, 0.25) is 0 Å². The molecule has 54 heavy (non-hydrogen) atoms. The molecule has 1 saturated heterocycles. The Bertz CT molecular complexity index is 2410. The minimum absolute atomic E-state index is 0.107. The van der Waals surface area contributed by atoms with Crippen molar-refractivity contribution in [1.82, 2.24) is 39.0 Å². The molecule has 4 aromatic heterocycles. The zero-order valence-corrected chi connectivity index (χ0v) is 33.6. The van der Waals surface area contributed by atoms with E-state index >= 15 is 0 Å². The molecular formula is C41H49BN8O4. The van der Waals surface area contributed by atoms with Crippen LogP contribution in [0.25, 0.3) is 33.8 Å². The second kappa shape index (κ2) is 14.1. The Kier molecular flexibility index (Phi) is 10.0. The summed E-state index contributed by atoms with van der Waals surface area (Å²) in [7, 11) is 6.48. The maximum Gasteiger partial charge on any atom is 0.494 e. The third-order valence-corrected chi connectivity index (χ3v) is 10.2. The zero-order valence-electron chi connectivity index (χ0n) is 33.6. The van der Waals surface area contributed by atoms with E-state index in [0.717, 1.165) is 44.9 Å². The van der Waals surface area contributed by atoms with Crippen molar-refractivity contribution >= 4 is 35.7 Å². The summed E-state index contributed by atoms with van der Waals surface area (Å²) in [6, 6.07) is 19.8. The lowest BCUT2D eigenvalue weighted by molar-refractivity contribution is 0.00578. The normalized spacial score (nSPS) is 14.6. The largest absolute Gasteiger partial charge is 0.494 e. The van der Waals surface area contributed by atoms with Crippen LogP contribution < -0.4 is 5.46 Å². The van der Waals surface area contributed by atoms with E-state index in [0.29, 0.717) is 22.7 Å². The summed E-state index contributed by atoms with van der Waals surface area (Å²) in [5, 5.41) is 9.38. The van der Waals surface area contributed by atoms with Gasteiger partial charge in [-0.3, -0.25) is 9.59 Å². The zero-order chi connectivity index (χ0) is 39.4. The van der Waals surface area contributed by atoms with Crippen LogP contribution >= 0.6 is 0 Å². The van der Waals surface area contributed by atoms with Crippen molar-refractivity contribution in [2.45, 2.75) is 73.5 Å². The van der Waals surface area contributed by atoms with Gasteiger partial charge in [0, 0.05) is 62.8 Å². The molecule has 1 aliphatic heterocycles. The summed E-state index contributed by atoms with van der Waals surface area (Å²) in [5.74, 6) is -0.235. The Balaban J connectivity index is 0.000000193. The van der Waals surface area contributed by atoms with Crippen LogP contribution in [0.5, 0.6) is 0 Å². The van der Waals surface area contributed by atoms with Crippen molar-refractivity contribution in [2.75, 3.05) is 28.2 Å². The monoisotopic (exact) mass is 728 g/mol. The Morgan fingerprint density at radius 3 is 1.44 bits per heavy atom. The molecule has 0 aliphatic carbocycles. The third-order valence-electron chi connectivity index (χ3n) is 10.2. The first-order chi connectivity index (χ1) is 25.3. The van der Waals surface area contributed by atoms with Crippen LogP contribution in [0.4, 0.5) is 0 Å². The van der Waals surface area contributed by atoms with Gasteiger partial charge in [0.15, 0.2) is 11.3 Å². The van der Waals surface area contributed by atoms with E-state index in [1.807, 2.05) is 38.1 Å². The van der Waals surface area contributed by atoms with Crippen LogP contribution in [0.1, 0.15) is 76.8 Å². The third kappa shape index (κ3) is 7.25. The Labute approximate surface area is 317 Å². The standard InChI is InChI=1S/C23H29BN4O3.C18H20N4O/c1-14-11-16(24-30-22(3,4)23(5,6)31-24)9-10-17(14)18-13-20-25-19(21(29)27(7)8)12-15(2)28(20)26-18;1-11-6-7-14(12(2)8-11)15-10-17-19-16(18(23)21(4)5)9-13(3)22(17)20-15/h9-13H,1-8H3;6-10H,1-5H3. The lowest BCUT2D eigenvalue weighted by Crippen LogP contribution is -2.41. The summed E-state index contributed by atoms with van der Waals surface area (Å²) in [6.45, 7) is 18.3. The van der Waals surface area contributed by atoms with Crippen molar-refractivity contribution < 1.29 is 18.9 Å². The first kappa shape index (κ1) is 38.3. The lowest BCUT2D eigenvalue weighted by atomic mass is 9.77. The van der Waals surface area contributed by atoms with E-state index in [9.17, 15) is 9.59 Å². The van der Waals surface area contributed by atoms with Crippen LogP contribution in [-0.4, -0.2) is 97.3 Å². The molecule has 0 bridgehead atoms. The van der Waals surface area contributed by atoms with Gasteiger partial charge in [-0.05, 0) is 91.0 Å². The van der Waals surface area contributed by atoms with Gasteiger partial charge >= 0.3 is 7.12 Å². The number of hydrogen-bond donors (Lipinski definition) is 0. The highest BCUT2D eigenvalue weighted by atomic mass is 16.7. The molecule has 7 rings (SSSR count). The lowest BCUT2D eigenvalue weighted by Gasteiger charge is -2.32. The molecule has 0 N–H and O–H groups in total. The van der Waals surface area contributed by atoms with E-state index in [1.54, 1.807) is 49.4 Å². The van der Waals surface area contributed by atoms with Crippen LogP contribution in [0.15, 0.2) is 60.7 Å². The first-order valence-corrected chi connectivity index (χ1v) is 18.0. The smallest absolute Gasteiger partial charge is 0.399 e. The molecule has 0 spiro atoms. The molecule has 2 amide bonds. The Hall–Kier alpha value is -5.40. The number of amides is 2. The fourth-order valence-electron chi connectivity index (χ4n) is 6.39. The van der Waals surface area contributed by atoms with Gasteiger partial charge in [-0.2, -0.15) is 10.2 Å². The minimum atomic E-state index is -0.401. The number of carbonyl (C=O) groups is 2. The minimum Gasteiger partial charge on any atom is -0.399 e. The van der Waals surface area contributed by atoms with E-state index in [4.69, 9.17) is 14.4 Å². The van der Waals surface area contributed by atoms with Gasteiger partial charge in [-0.1, -0.05) is 42.0 Å². The van der Waals surface area contributed by atoms with Crippen molar-refractivity contribution in [3.63, 3.8) is 0 Å². The highest BCUT2D eigenvalue weighted by molar-refractivity contribution is 6.62. The molecule has 12 nitrogen and oxygen atoms in total. The van der Waals surface area contributed by atoms with Crippen molar-refractivity contribution in [3.05, 3.63) is 100 Å². The Morgan fingerprint density at radius 1 is 0.611 bits per heavy atom. The summed E-state index contributed by atoms with van der Waals surface area (Å²) >= 11 is 0. The summed E-state index contributed by atoms with van der Waals surface area (Å²) in [5.41, 5.74) is 11.4. The number of benzene rings is 2. The quantitative estimate of drug-likeness (QED) is 0.197. The fraction of sp³-hybridized carbons (Fsp3) is 0.366. The average molecular weight is 729 g/mol. The fourth-order valence-corrected chi connectivity index (χ4v) is 6.39. The number of fused-ring (bicyclic) bond motifs is 2. The Morgan fingerprint density at radius 2 is 1.04 bits per heavy atom. The van der Waals surface area contributed by atoms with Gasteiger partial charge in [-0.25, -0.2) is 19.0 Å². The predicted molar refractivity (Wildman–Crippen MR) is 212 cm³/mol. The molecule has 0 atom stereocenters. The molecular weight excluding hydrogens is 679 g/mol. The molecule has 6 aromatic rings. The van der Waals surface area contributed by atoms with E-state index in [1.165, 1.54) is 20.9 Å².